The van der Waals surface area contributed by atoms with Crippen molar-refractivity contribution in [3.8, 4) is 0 Å². The number of ether oxygens (including phenoxy) is 1. The number of carbonyl (C=O) groups excluding carboxylic acids is 2. The Morgan fingerprint density at radius 1 is 1.36 bits per heavy atom. The highest BCUT2D eigenvalue weighted by Gasteiger charge is 2.30. The summed E-state index contributed by atoms with van der Waals surface area (Å²) in [5, 5.41) is 3.42. The number of aryl methyl sites for hydroxylation is 1. The standard InChI is InChI=1S/C19H23NO4S/c1-4-12-7-8-13-15(10-12)25-18(16(13)19(22)23-5-2)20-17(21)14-9-6-11(3)24-14/h6,9,12H,4-5,7-8,10H2,1-3H3,(H,20,21). The van der Waals surface area contributed by atoms with Crippen molar-refractivity contribution in [1.82, 2.24) is 0 Å². The predicted octanol–water partition coefficient (Wildman–Crippen LogP) is 4.59. The van der Waals surface area contributed by atoms with Crippen molar-refractivity contribution in [3.05, 3.63) is 39.7 Å². The van der Waals surface area contributed by atoms with Crippen molar-refractivity contribution in [2.75, 3.05) is 11.9 Å². The van der Waals surface area contributed by atoms with Crippen molar-refractivity contribution in [2.24, 2.45) is 5.92 Å². The number of fused-ring (bicyclic) bond motifs is 1. The van der Waals surface area contributed by atoms with Gasteiger partial charge in [0.2, 0.25) is 0 Å². The normalized spacial score (nSPS) is 16.4. The molecule has 134 valence electrons. The summed E-state index contributed by atoms with van der Waals surface area (Å²) in [6.07, 6.45) is 4.00. The second-order valence-corrected chi connectivity index (χ2v) is 7.42. The molecule has 2 heterocycles. The fourth-order valence-electron chi connectivity index (χ4n) is 3.23. The van der Waals surface area contributed by atoms with Gasteiger partial charge in [-0.1, -0.05) is 13.3 Å². The molecule has 1 aliphatic rings. The molecule has 1 atom stereocenters. The summed E-state index contributed by atoms with van der Waals surface area (Å²) in [6.45, 7) is 6.08. The van der Waals surface area contributed by atoms with Crippen LogP contribution in [-0.2, 0) is 17.6 Å². The first kappa shape index (κ1) is 17.7. The van der Waals surface area contributed by atoms with E-state index in [1.54, 1.807) is 26.0 Å². The summed E-state index contributed by atoms with van der Waals surface area (Å²) in [4.78, 5) is 26.1. The average molecular weight is 361 g/mol. The zero-order valence-electron chi connectivity index (χ0n) is 14.8. The zero-order valence-corrected chi connectivity index (χ0v) is 15.6. The Balaban J connectivity index is 1.93. The molecule has 5 nitrogen and oxygen atoms in total. The van der Waals surface area contributed by atoms with E-state index >= 15 is 0 Å². The molecule has 0 aromatic carbocycles. The Labute approximate surface area is 151 Å². The van der Waals surface area contributed by atoms with Gasteiger partial charge in [-0.05, 0) is 56.7 Å². The molecule has 25 heavy (non-hydrogen) atoms. The summed E-state index contributed by atoms with van der Waals surface area (Å²) in [5.41, 5.74) is 1.56. The second kappa shape index (κ2) is 7.44. The van der Waals surface area contributed by atoms with Crippen LogP contribution in [0.25, 0.3) is 0 Å². The third-order valence-corrected chi connectivity index (χ3v) is 5.79. The van der Waals surface area contributed by atoms with Gasteiger partial charge in [-0.2, -0.15) is 0 Å². The number of esters is 1. The highest BCUT2D eigenvalue weighted by atomic mass is 32.1. The quantitative estimate of drug-likeness (QED) is 0.791. The number of amides is 1. The van der Waals surface area contributed by atoms with E-state index in [4.69, 9.17) is 9.15 Å². The lowest BCUT2D eigenvalue weighted by Gasteiger charge is -2.20. The maximum absolute atomic E-state index is 12.5. The molecule has 0 aliphatic heterocycles. The number of furan rings is 1. The fraction of sp³-hybridized carbons (Fsp3) is 0.474. The summed E-state index contributed by atoms with van der Waals surface area (Å²) < 4.78 is 10.6. The first-order chi connectivity index (χ1) is 12.0. The molecule has 1 aliphatic carbocycles. The SMILES string of the molecule is CCOC(=O)c1c(NC(=O)c2ccc(C)o2)sc2c1CCC(CC)C2. The number of nitrogens with one attached hydrogen (secondary N) is 1. The molecule has 1 N–H and O–H groups in total. The Kier molecular flexibility index (Phi) is 5.27. The Morgan fingerprint density at radius 2 is 2.16 bits per heavy atom. The van der Waals surface area contributed by atoms with Gasteiger partial charge in [-0.15, -0.1) is 11.3 Å². The molecular weight excluding hydrogens is 338 g/mol. The monoisotopic (exact) mass is 361 g/mol. The van der Waals surface area contributed by atoms with Crippen LogP contribution in [0.15, 0.2) is 16.5 Å². The van der Waals surface area contributed by atoms with Crippen molar-refractivity contribution in [3.63, 3.8) is 0 Å². The summed E-state index contributed by atoms with van der Waals surface area (Å²) in [7, 11) is 0. The molecular formula is C19H23NO4S. The van der Waals surface area contributed by atoms with Crippen LogP contribution < -0.4 is 5.32 Å². The van der Waals surface area contributed by atoms with E-state index in [0.717, 1.165) is 31.2 Å². The lowest BCUT2D eigenvalue weighted by Crippen LogP contribution is -2.17. The van der Waals surface area contributed by atoms with Crippen LogP contribution in [0.5, 0.6) is 0 Å². The number of anilines is 1. The first-order valence-corrected chi connectivity index (χ1v) is 9.54. The highest BCUT2D eigenvalue weighted by Crippen LogP contribution is 2.41. The molecule has 3 rings (SSSR count). The van der Waals surface area contributed by atoms with Crippen LogP contribution in [0.3, 0.4) is 0 Å². The molecule has 0 saturated heterocycles. The van der Waals surface area contributed by atoms with Gasteiger partial charge in [0, 0.05) is 4.88 Å². The van der Waals surface area contributed by atoms with E-state index in [2.05, 4.69) is 12.2 Å². The molecule has 0 saturated carbocycles. The Bertz CT molecular complexity index is 789. The van der Waals surface area contributed by atoms with Gasteiger partial charge in [0.1, 0.15) is 10.8 Å². The van der Waals surface area contributed by atoms with Gasteiger partial charge in [0.25, 0.3) is 5.91 Å². The molecule has 0 spiro atoms. The molecule has 1 unspecified atom stereocenters. The van der Waals surface area contributed by atoms with Crippen molar-refractivity contribution >= 4 is 28.2 Å². The van der Waals surface area contributed by atoms with Gasteiger partial charge in [0.15, 0.2) is 5.76 Å². The molecule has 1 amide bonds. The highest BCUT2D eigenvalue weighted by molar-refractivity contribution is 7.17. The average Bonchev–Trinajstić information content (AvgIpc) is 3.17. The van der Waals surface area contributed by atoms with Crippen LogP contribution in [0.1, 0.15) is 63.8 Å². The van der Waals surface area contributed by atoms with Crippen LogP contribution in [-0.4, -0.2) is 18.5 Å². The maximum atomic E-state index is 12.5. The van der Waals surface area contributed by atoms with Gasteiger partial charge < -0.3 is 14.5 Å². The molecule has 2 aromatic rings. The van der Waals surface area contributed by atoms with Crippen LogP contribution in [0.2, 0.25) is 0 Å². The number of hydrogen-bond acceptors (Lipinski definition) is 5. The summed E-state index contributed by atoms with van der Waals surface area (Å²) in [5.74, 6) is 0.847. The van der Waals surface area contributed by atoms with Crippen LogP contribution >= 0.6 is 11.3 Å². The van der Waals surface area contributed by atoms with E-state index in [9.17, 15) is 9.59 Å². The van der Waals surface area contributed by atoms with Crippen LogP contribution in [0.4, 0.5) is 5.00 Å². The lowest BCUT2D eigenvalue weighted by molar-refractivity contribution is 0.0526. The van der Waals surface area contributed by atoms with E-state index in [1.165, 1.54) is 16.2 Å². The summed E-state index contributed by atoms with van der Waals surface area (Å²) >= 11 is 1.49. The number of rotatable bonds is 5. The van der Waals surface area contributed by atoms with Gasteiger partial charge in [0.05, 0.1) is 12.2 Å². The third kappa shape index (κ3) is 3.63. The lowest BCUT2D eigenvalue weighted by atomic mass is 9.85. The maximum Gasteiger partial charge on any atom is 0.341 e. The predicted molar refractivity (Wildman–Crippen MR) is 97.5 cm³/mol. The van der Waals surface area contributed by atoms with Crippen molar-refractivity contribution < 1.29 is 18.7 Å². The number of thiophene rings is 1. The minimum atomic E-state index is -0.360. The Hall–Kier alpha value is -2.08. The van der Waals surface area contributed by atoms with E-state index in [0.29, 0.717) is 28.8 Å². The molecule has 0 radical (unpaired) electrons. The van der Waals surface area contributed by atoms with E-state index < -0.39 is 0 Å². The van der Waals surface area contributed by atoms with E-state index in [1.807, 2.05) is 0 Å². The van der Waals surface area contributed by atoms with Crippen LogP contribution in [0, 0.1) is 12.8 Å². The molecule has 0 bridgehead atoms. The second-order valence-electron chi connectivity index (χ2n) is 6.31. The number of carbonyl (C=O) groups is 2. The third-order valence-electron chi connectivity index (χ3n) is 4.62. The van der Waals surface area contributed by atoms with Crippen molar-refractivity contribution in [2.45, 2.75) is 46.5 Å². The van der Waals surface area contributed by atoms with Gasteiger partial charge >= 0.3 is 5.97 Å². The Morgan fingerprint density at radius 3 is 2.80 bits per heavy atom. The van der Waals surface area contributed by atoms with Crippen molar-refractivity contribution in [1.29, 1.82) is 0 Å². The summed E-state index contributed by atoms with van der Waals surface area (Å²) in [6, 6.07) is 3.38. The fourth-order valence-corrected chi connectivity index (χ4v) is 4.58. The smallest absolute Gasteiger partial charge is 0.341 e. The molecule has 2 aromatic heterocycles. The molecule has 6 heteroatoms. The number of hydrogen-bond donors (Lipinski definition) is 1. The van der Waals surface area contributed by atoms with Gasteiger partial charge in [-0.3, -0.25) is 4.79 Å². The van der Waals surface area contributed by atoms with E-state index in [-0.39, 0.29) is 17.6 Å². The molecule has 0 fully saturated rings. The van der Waals surface area contributed by atoms with Gasteiger partial charge in [-0.25, -0.2) is 4.79 Å². The largest absolute Gasteiger partial charge is 0.462 e. The minimum absolute atomic E-state index is 0.241. The minimum Gasteiger partial charge on any atom is -0.462 e. The zero-order chi connectivity index (χ0) is 18.0. The first-order valence-electron chi connectivity index (χ1n) is 8.72. The topological polar surface area (TPSA) is 68.5 Å².